The van der Waals surface area contributed by atoms with Crippen LogP contribution in [0.2, 0.25) is 5.02 Å². The van der Waals surface area contributed by atoms with Gasteiger partial charge in [-0.3, -0.25) is 14.2 Å². The van der Waals surface area contributed by atoms with E-state index in [1.165, 1.54) is 23.1 Å². The Labute approximate surface area is 186 Å². The third-order valence-electron chi connectivity index (χ3n) is 4.46. The van der Waals surface area contributed by atoms with Crippen LogP contribution in [0.3, 0.4) is 0 Å². The topological polar surface area (TPSA) is 64.0 Å². The zero-order chi connectivity index (χ0) is 21.3. The van der Waals surface area contributed by atoms with Crippen LogP contribution in [0, 0.1) is 13.8 Å². The second-order valence-corrected chi connectivity index (χ2v) is 9.33. The summed E-state index contributed by atoms with van der Waals surface area (Å²) in [4.78, 5) is 32.0. The lowest BCUT2D eigenvalue weighted by Crippen LogP contribution is -2.22. The first-order valence-electron chi connectivity index (χ1n) is 9.20. The number of fused-ring (bicyclic) bond motifs is 1. The number of thiophene rings is 1. The Balaban J connectivity index is 1.63. The van der Waals surface area contributed by atoms with Gasteiger partial charge >= 0.3 is 0 Å². The number of para-hydroxylation sites is 1. The number of aromatic nitrogens is 2. The lowest BCUT2D eigenvalue weighted by molar-refractivity contribution is -0.113. The van der Waals surface area contributed by atoms with Crippen LogP contribution in [0.15, 0.2) is 64.5 Å². The minimum atomic E-state index is -0.198. The molecule has 0 bridgehead atoms. The van der Waals surface area contributed by atoms with E-state index in [4.69, 9.17) is 11.6 Å². The predicted octanol–water partition coefficient (Wildman–Crippen LogP) is 5.45. The fourth-order valence-electron chi connectivity index (χ4n) is 2.98. The Morgan fingerprint density at radius 1 is 1.17 bits per heavy atom. The molecule has 0 radical (unpaired) electrons. The fraction of sp³-hybridized carbons (Fsp3) is 0.136. The summed E-state index contributed by atoms with van der Waals surface area (Å²) in [6.07, 6.45) is 0. The number of hydrogen-bond donors (Lipinski definition) is 1. The average Bonchev–Trinajstić information content (AvgIpc) is 3.10. The van der Waals surface area contributed by atoms with E-state index in [1.807, 2.05) is 62.4 Å². The van der Waals surface area contributed by atoms with Crippen molar-refractivity contribution in [1.82, 2.24) is 9.55 Å². The van der Waals surface area contributed by atoms with E-state index in [9.17, 15) is 9.59 Å². The molecule has 0 fully saturated rings. The highest BCUT2D eigenvalue weighted by Crippen LogP contribution is 2.26. The van der Waals surface area contributed by atoms with E-state index in [-0.39, 0.29) is 17.2 Å². The molecule has 8 heteroatoms. The highest BCUT2D eigenvalue weighted by molar-refractivity contribution is 7.99. The smallest absolute Gasteiger partial charge is 0.267 e. The number of hydrogen-bond acceptors (Lipinski definition) is 5. The minimum Gasteiger partial charge on any atom is -0.325 e. The molecule has 0 spiro atoms. The van der Waals surface area contributed by atoms with E-state index < -0.39 is 0 Å². The van der Waals surface area contributed by atoms with Gasteiger partial charge < -0.3 is 5.32 Å². The molecule has 0 aliphatic rings. The molecule has 4 aromatic rings. The molecule has 0 saturated carbocycles. The van der Waals surface area contributed by atoms with Gasteiger partial charge in [-0.25, -0.2) is 4.98 Å². The van der Waals surface area contributed by atoms with Crippen molar-refractivity contribution in [3.63, 3.8) is 0 Å². The fourth-order valence-corrected chi connectivity index (χ4v) is 4.90. The number of rotatable bonds is 5. The van der Waals surface area contributed by atoms with Crippen LogP contribution in [0.4, 0.5) is 5.69 Å². The van der Waals surface area contributed by atoms with Crippen LogP contribution in [0.1, 0.15) is 10.4 Å². The molecule has 0 saturated heterocycles. The van der Waals surface area contributed by atoms with Crippen molar-refractivity contribution >= 4 is 56.5 Å². The molecule has 2 aromatic carbocycles. The first-order valence-corrected chi connectivity index (χ1v) is 11.4. The number of nitrogens with zero attached hydrogens (tertiary/aromatic N) is 2. The number of nitrogens with one attached hydrogen (secondary N) is 1. The van der Waals surface area contributed by atoms with E-state index in [0.29, 0.717) is 31.8 Å². The summed E-state index contributed by atoms with van der Waals surface area (Å²) in [6, 6.07) is 16.6. The summed E-state index contributed by atoms with van der Waals surface area (Å²) < 4.78 is 1.56. The quantitative estimate of drug-likeness (QED) is 0.321. The van der Waals surface area contributed by atoms with Gasteiger partial charge in [-0.05, 0) is 49.7 Å². The number of halogens is 1. The molecule has 0 aliphatic carbocycles. The molecule has 30 heavy (non-hydrogen) atoms. The van der Waals surface area contributed by atoms with Gasteiger partial charge in [0, 0.05) is 15.6 Å². The number of amides is 1. The van der Waals surface area contributed by atoms with Gasteiger partial charge in [-0.1, -0.05) is 47.6 Å². The van der Waals surface area contributed by atoms with E-state index >= 15 is 0 Å². The molecule has 5 nitrogen and oxygen atoms in total. The summed E-state index contributed by atoms with van der Waals surface area (Å²) in [5.41, 5.74) is 2.16. The Kier molecular flexibility index (Phi) is 5.94. The van der Waals surface area contributed by atoms with Gasteiger partial charge in [0.2, 0.25) is 5.91 Å². The van der Waals surface area contributed by atoms with Crippen molar-refractivity contribution in [2.24, 2.45) is 0 Å². The van der Waals surface area contributed by atoms with Crippen LogP contribution in [-0.4, -0.2) is 21.2 Å². The van der Waals surface area contributed by atoms with Gasteiger partial charge in [0.1, 0.15) is 4.83 Å². The molecule has 0 unspecified atom stereocenters. The highest BCUT2D eigenvalue weighted by atomic mass is 35.5. The molecule has 0 atom stereocenters. The van der Waals surface area contributed by atoms with Crippen LogP contribution >= 0.6 is 34.7 Å². The van der Waals surface area contributed by atoms with Crippen LogP contribution in [0.25, 0.3) is 15.9 Å². The SMILES string of the molecule is Cc1cc2c(=O)n(-c3ccccc3)c(SCC(=O)Nc3ccc(C)c(Cl)c3)nc2s1. The number of anilines is 1. The third kappa shape index (κ3) is 4.28. The first-order chi connectivity index (χ1) is 14.4. The van der Waals surface area contributed by atoms with Crippen LogP contribution in [-0.2, 0) is 4.79 Å². The standard InChI is InChI=1S/C22H18ClN3O2S2/c1-13-8-9-15(11-18(13)23)24-19(27)12-29-22-25-20-17(10-14(2)30-20)21(28)26(22)16-6-4-3-5-7-16/h3-11H,12H2,1-2H3,(H,24,27). The van der Waals surface area contributed by atoms with Crippen molar-refractivity contribution in [2.45, 2.75) is 19.0 Å². The lowest BCUT2D eigenvalue weighted by Gasteiger charge is -2.12. The maximum absolute atomic E-state index is 13.2. The normalized spacial score (nSPS) is 11.0. The first kappa shape index (κ1) is 20.7. The van der Waals surface area contributed by atoms with Crippen molar-refractivity contribution in [3.8, 4) is 5.69 Å². The molecule has 4 rings (SSSR count). The molecule has 2 heterocycles. The largest absolute Gasteiger partial charge is 0.325 e. The predicted molar refractivity (Wildman–Crippen MR) is 125 cm³/mol. The molecule has 2 aromatic heterocycles. The average molecular weight is 456 g/mol. The molecular formula is C22H18ClN3O2S2. The number of carbonyl (C=O) groups excluding carboxylic acids is 1. The van der Waals surface area contributed by atoms with Gasteiger partial charge in [-0.2, -0.15) is 0 Å². The molecule has 0 aliphatic heterocycles. The second-order valence-electron chi connectivity index (χ2n) is 6.75. The van der Waals surface area contributed by atoms with Gasteiger partial charge in [0.25, 0.3) is 5.56 Å². The Hall–Kier alpha value is -2.61. The molecule has 1 N–H and O–H groups in total. The lowest BCUT2D eigenvalue weighted by atomic mass is 10.2. The van der Waals surface area contributed by atoms with Crippen molar-refractivity contribution < 1.29 is 4.79 Å². The van der Waals surface area contributed by atoms with Gasteiger partial charge in [0.15, 0.2) is 5.16 Å². The summed E-state index contributed by atoms with van der Waals surface area (Å²) in [7, 11) is 0. The maximum atomic E-state index is 13.2. The van der Waals surface area contributed by atoms with Crippen LogP contribution in [0.5, 0.6) is 0 Å². The second kappa shape index (κ2) is 8.63. The van der Waals surface area contributed by atoms with E-state index in [2.05, 4.69) is 10.3 Å². The molecule has 1 amide bonds. The number of thioether (sulfide) groups is 1. The zero-order valence-electron chi connectivity index (χ0n) is 16.3. The van der Waals surface area contributed by atoms with Crippen molar-refractivity contribution in [1.29, 1.82) is 0 Å². The summed E-state index contributed by atoms with van der Waals surface area (Å²) in [5.74, 6) is -0.0862. The molecular weight excluding hydrogens is 438 g/mol. The highest BCUT2D eigenvalue weighted by Gasteiger charge is 2.16. The summed E-state index contributed by atoms with van der Waals surface area (Å²) in [5, 5.41) is 4.51. The third-order valence-corrected chi connectivity index (χ3v) is 6.75. The van der Waals surface area contributed by atoms with Gasteiger partial charge in [-0.15, -0.1) is 11.3 Å². The monoisotopic (exact) mass is 455 g/mol. The number of aryl methyl sites for hydroxylation is 2. The van der Waals surface area contributed by atoms with E-state index in [0.717, 1.165) is 10.4 Å². The van der Waals surface area contributed by atoms with Gasteiger partial charge in [0.05, 0.1) is 16.8 Å². The number of benzene rings is 2. The Bertz CT molecular complexity index is 1300. The molecule has 152 valence electrons. The summed E-state index contributed by atoms with van der Waals surface area (Å²) in [6.45, 7) is 3.85. The van der Waals surface area contributed by atoms with Crippen LogP contribution < -0.4 is 10.9 Å². The summed E-state index contributed by atoms with van der Waals surface area (Å²) >= 11 is 8.83. The van der Waals surface area contributed by atoms with Crippen molar-refractivity contribution in [2.75, 3.05) is 11.1 Å². The van der Waals surface area contributed by atoms with E-state index in [1.54, 1.807) is 10.6 Å². The zero-order valence-corrected chi connectivity index (χ0v) is 18.7. The Morgan fingerprint density at radius 3 is 2.67 bits per heavy atom. The van der Waals surface area contributed by atoms with Crippen molar-refractivity contribution in [3.05, 3.63) is 80.4 Å². The minimum absolute atomic E-state index is 0.112. The maximum Gasteiger partial charge on any atom is 0.267 e. The Morgan fingerprint density at radius 2 is 1.93 bits per heavy atom. The number of carbonyl (C=O) groups is 1.